The molecule has 0 rings (SSSR count). The molecule has 0 aromatic heterocycles. The monoisotopic (exact) mass is 320 g/mol. The Labute approximate surface area is 93.0 Å². The number of carboxylic acid groups (broad SMARTS) is 1. The van der Waals surface area contributed by atoms with E-state index in [2.05, 4.69) is 16.0 Å². The minimum absolute atomic E-state index is 0.173. The van der Waals surface area contributed by atoms with Gasteiger partial charge in [0.1, 0.15) is 0 Å². The van der Waals surface area contributed by atoms with Crippen LogP contribution in [-0.2, 0) is 14.3 Å². The third-order valence-corrected chi connectivity index (χ3v) is 4.56. The first kappa shape index (κ1) is 13.0. The molecule has 0 aliphatic heterocycles. The average molecular weight is 318 g/mol. The zero-order valence-corrected chi connectivity index (χ0v) is 11.1. The van der Waals surface area contributed by atoms with Crippen molar-refractivity contribution in [3.05, 3.63) is 0 Å². The number of esters is 1. The van der Waals surface area contributed by atoms with Crippen LogP contribution in [0.4, 0.5) is 0 Å². The summed E-state index contributed by atoms with van der Waals surface area (Å²) >= 11 is 4.05. The van der Waals surface area contributed by atoms with Crippen LogP contribution in [0.5, 0.6) is 0 Å². The SMILES string of the molecule is CCC(=O)OC([SeH])(C(=O)O)C(C)[SeH]. The van der Waals surface area contributed by atoms with Crippen LogP contribution in [-0.4, -0.2) is 53.6 Å². The van der Waals surface area contributed by atoms with Crippen LogP contribution >= 0.6 is 0 Å². The van der Waals surface area contributed by atoms with Gasteiger partial charge in [0.2, 0.25) is 0 Å². The van der Waals surface area contributed by atoms with Crippen LogP contribution in [0.15, 0.2) is 0 Å². The van der Waals surface area contributed by atoms with Crippen LogP contribution in [0.25, 0.3) is 0 Å². The number of ether oxygens (including phenoxy) is 1. The molecule has 1 N–H and O–H groups in total. The van der Waals surface area contributed by atoms with E-state index in [4.69, 9.17) is 9.84 Å². The predicted octanol–water partition coefficient (Wildman–Crippen LogP) is -0.670. The van der Waals surface area contributed by atoms with Crippen molar-refractivity contribution in [1.82, 2.24) is 0 Å². The van der Waals surface area contributed by atoms with Crippen molar-refractivity contribution in [2.75, 3.05) is 0 Å². The fourth-order valence-electron chi connectivity index (χ4n) is 0.553. The maximum absolute atomic E-state index is 10.9. The molecule has 0 fully saturated rings. The van der Waals surface area contributed by atoms with Crippen molar-refractivity contribution in [1.29, 1.82) is 0 Å². The van der Waals surface area contributed by atoms with Crippen molar-refractivity contribution in [3.8, 4) is 0 Å². The number of hydrogen-bond acceptors (Lipinski definition) is 3. The summed E-state index contributed by atoms with van der Waals surface area (Å²) in [6.45, 7) is 3.28. The van der Waals surface area contributed by atoms with E-state index in [1.54, 1.807) is 13.8 Å². The fourth-order valence-corrected chi connectivity index (χ4v) is 1.11. The maximum atomic E-state index is 10.9. The molecule has 0 aromatic rings. The topological polar surface area (TPSA) is 63.6 Å². The van der Waals surface area contributed by atoms with E-state index in [-0.39, 0.29) is 11.2 Å². The molecule has 2 atom stereocenters. The van der Waals surface area contributed by atoms with E-state index < -0.39 is 16.4 Å². The van der Waals surface area contributed by atoms with Gasteiger partial charge in [-0.1, -0.05) is 0 Å². The molecule has 13 heavy (non-hydrogen) atoms. The third kappa shape index (κ3) is 3.31. The molecule has 0 aromatic carbocycles. The van der Waals surface area contributed by atoms with Gasteiger partial charge in [-0.2, -0.15) is 0 Å². The van der Waals surface area contributed by atoms with E-state index in [1.807, 2.05) is 16.0 Å². The summed E-state index contributed by atoms with van der Waals surface area (Å²) in [6, 6.07) is 0. The van der Waals surface area contributed by atoms with Crippen LogP contribution in [0.1, 0.15) is 20.3 Å². The van der Waals surface area contributed by atoms with Gasteiger partial charge in [0.15, 0.2) is 0 Å². The molecule has 2 unspecified atom stereocenters. The van der Waals surface area contributed by atoms with Gasteiger partial charge in [0.25, 0.3) is 0 Å². The van der Waals surface area contributed by atoms with Gasteiger partial charge in [-0.05, 0) is 0 Å². The standard InChI is InChI=1S/C7H12O4Se2/c1-3-5(8)11-7(13,4(2)12)6(9)10/h4,12-13H,3H2,1-2H3,(H,9,10). The van der Waals surface area contributed by atoms with Gasteiger partial charge in [0, 0.05) is 0 Å². The molecule has 0 heterocycles. The summed E-state index contributed by atoms with van der Waals surface area (Å²) in [6.07, 6.45) is 0.173. The van der Waals surface area contributed by atoms with E-state index in [1.165, 1.54) is 0 Å². The number of carbonyl (C=O) groups is 2. The van der Waals surface area contributed by atoms with E-state index in [9.17, 15) is 9.59 Å². The van der Waals surface area contributed by atoms with Crippen LogP contribution in [0.2, 0.25) is 4.82 Å². The van der Waals surface area contributed by atoms with Crippen LogP contribution in [0, 0.1) is 0 Å². The van der Waals surface area contributed by atoms with Gasteiger partial charge >= 0.3 is 93.0 Å². The molecule has 0 aliphatic rings. The first-order valence-corrected chi connectivity index (χ1v) is 5.72. The number of hydrogen-bond donors (Lipinski definition) is 1. The molecular formula is C7H12O4Se2. The summed E-state index contributed by atoms with van der Waals surface area (Å²) in [7, 11) is 0. The van der Waals surface area contributed by atoms with Crippen molar-refractivity contribution in [2.45, 2.75) is 29.6 Å². The first-order valence-electron chi connectivity index (χ1n) is 3.70. The Kier molecular flexibility index (Phi) is 5.00. The molecule has 0 saturated heterocycles. The average Bonchev–Trinajstić information content (AvgIpc) is 2.03. The summed E-state index contributed by atoms with van der Waals surface area (Å²) in [5.41, 5.74) is 0. The molecule has 76 valence electrons. The molecule has 0 radical (unpaired) electrons. The normalized spacial score (nSPS) is 17.2. The van der Waals surface area contributed by atoms with Gasteiger partial charge in [0.05, 0.1) is 0 Å². The van der Waals surface area contributed by atoms with E-state index in [0.29, 0.717) is 0 Å². The summed E-state index contributed by atoms with van der Waals surface area (Å²) in [5, 5.41) is 8.84. The van der Waals surface area contributed by atoms with Gasteiger partial charge in [-0.3, -0.25) is 0 Å². The van der Waals surface area contributed by atoms with Gasteiger partial charge in [-0.15, -0.1) is 0 Å². The Morgan fingerprint density at radius 3 is 2.31 bits per heavy atom. The second kappa shape index (κ2) is 5.01. The zero-order valence-electron chi connectivity index (χ0n) is 7.35. The number of rotatable bonds is 4. The second-order valence-corrected chi connectivity index (χ2v) is 5.52. The minimum atomic E-state index is -1.50. The first-order chi connectivity index (χ1) is 5.84. The Balaban J connectivity index is 4.61. The van der Waals surface area contributed by atoms with Gasteiger partial charge in [-0.25, -0.2) is 0 Å². The Bertz CT molecular complexity index is 217. The molecule has 0 spiro atoms. The van der Waals surface area contributed by atoms with E-state index >= 15 is 0 Å². The number of aliphatic carboxylic acids is 1. The Hall–Kier alpha value is -0.0210. The zero-order chi connectivity index (χ0) is 10.6. The fraction of sp³-hybridized carbons (Fsp3) is 0.714. The van der Waals surface area contributed by atoms with Crippen LogP contribution < -0.4 is 0 Å². The van der Waals surface area contributed by atoms with Crippen molar-refractivity contribution < 1.29 is 19.4 Å². The molecule has 6 heteroatoms. The second-order valence-electron chi connectivity index (χ2n) is 2.51. The molecule has 0 aliphatic carbocycles. The molecular weight excluding hydrogens is 306 g/mol. The Morgan fingerprint density at radius 2 is 2.08 bits per heavy atom. The molecule has 0 amide bonds. The summed E-state index contributed by atoms with van der Waals surface area (Å²) in [4.78, 5) is 21.4. The van der Waals surface area contributed by atoms with Crippen molar-refractivity contribution in [3.63, 3.8) is 0 Å². The molecule has 0 saturated carbocycles. The van der Waals surface area contributed by atoms with Crippen molar-refractivity contribution in [2.24, 2.45) is 0 Å². The predicted molar refractivity (Wildman–Crippen MR) is 50.5 cm³/mol. The number of carboxylic acids is 1. The Morgan fingerprint density at radius 1 is 1.62 bits per heavy atom. The number of carbonyl (C=O) groups excluding carboxylic acids is 1. The molecule has 4 nitrogen and oxygen atoms in total. The summed E-state index contributed by atoms with van der Waals surface area (Å²) < 4.78 is 3.33. The van der Waals surface area contributed by atoms with E-state index in [0.717, 1.165) is 0 Å². The quantitative estimate of drug-likeness (QED) is 0.552. The van der Waals surface area contributed by atoms with Crippen molar-refractivity contribution >= 4 is 44.0 Å². The molecule has 0 bridgehead atoms. The summed E-state index contributed by atoms with van der Waals surface area (Å²) in [5.74, 6) is -1.66. The van der Waals surface area contributed by atoms with Crippen LogP contribution in [0.3, 0.4) is 0 Å². The van der Waals surface area contributed by atoms with Gasteiger partial charge < -0.3 is 0 Å². The third-order valence-electron chi connectivity index (χ3n) is 1.43.